The second-order valence-corrected chi connectivity index (χ2v) is 6.67. The summed E-state index contributed by atoms with van der Waals surface area (Å²) < 4.78 is 12.1. The van der Waals surface area contributed by atoms with Crippen molar-refractivity contribution < 1.29 is 9.31 Å². The van der Waals surface area contributed by atoms with Crippen LogP contribution >= 0.6 is 0 Å². The van der Waals surface area contributed by atoms with E-state index < -0.39 is 0 Å². The van der Waals surface area contributed by atoms with Crippen LogP contribution < -0.4 is 5.46 Å². The van der Waals surface area contributed by atoms with Crippen LogP contribution in [-0.2, 0) is 9.31 Å². The molecule has 0 amide bonds. The molecule has 1 heterocycles. The molecule has 0 bridgehead atoms. The number of benzene rings is 1. The van der Waals surface area contributed by atoms with Gasteiger partial charge in [0, 0.05) is 5.92 Å². The van der Waals surface area contributed by atoms with Crippen LogP contribution in [0, 0.1) is 5.92 Å². The van der Waals surface area contributed by atoms with E-state index in [9.17, 15) is 0 Å². The first-order valence-electron chi connectivity index (χ1n) is 7.20. The maximum Gasteiger partial charge on any atom is 0.494 e. The van der Waals surface area contributed by atoms with Crippen molar-refractivity contribution in [3.63, 3.8) is 0 Å². The van der Waals surface area contributed by atoms with E-state index in [1.165, 1.54) is 24.8 Å². The highest BCUT2D eigenvalue weighted by atomic mass is 16.7. The molecule has 1 saturated carbocycles. The van der Waals surface area contributed by atoms with Crippen LogP contribution in [0.2, 0.25) is 0 Å². The Morgan fingerprint density at radius 1 is 0.895 bits per heavy atom. The van der Waals surface area contributed by atoms with Crippen LogP contribution in [0.3, 0.4) is 0 Å². The van der Waals surface area contributed by atoms with Gasteiger partial charge in [-0.15, -0.1) is 0 Å². The zero-order valence-corrected chi connectivity index (χ0v) is 12.3. The highest BCUT2D eigenvalue weighted by Gasteiger charge is 2.51. The molecule has 2 aliphatic rings. The molecule has 1 aliphatic heterocycles. The number of rotatable bonds is 2. The average Bonchev–Trinajstić information content (AvgIpc) is 2.47. The molecule has 3 rings (SSSR count). The summed E-state index contributed by atoms with van der Waals surface area (Å²) in [4.78, 5) is 0. The average molecular weight is 257 g/mol. The minimum absolute atomic E-state index is 0.245. The van der Waals surface area contributed by atoms with Gasteiger partial charge in [0.25, 0.3) is 0 Å². The zero-order chi connectivity index (χ0) is 13.7. The summed E-state index contributed by atoms with van der Waals surface area (Å²) in [5.74, 6) is 1.58. The molecule has 1 radical (unpaired) electrons. The predicted molar refractivity (Wildman–Crippen MR) is 78.4 cm³/mol. The topological polar surface area (TPSA) is 18.5 Å². The summed E-state index contributed by atoms with van der Waals surface area (Å²) in [6.07, 6.45) is 3.86. The van der Waals surface area contributed by atoms with Gasteiger partial charge in [0.15, 0.2) is 0 Å². The largest absolute Gasteiger partial charge is 0.494 e. The van der Waals surface area contributed by atoms with Crippen molar-refractivity contribution in [2.45, 2.75) is 58.2 Å². The fourth-order valence-corrected chi connectivity index (χ4v) is 2.50. The van der Waals surface area contributed by atoms with Crippen LogP contribution in [0.25, 0.3) is 0 Å². The lowest BCUT2D eigenvalue weighted by molar-refractivity contribution is 0.00578. The van der Waals surface area contributed by atoms with E-state index in [2.05, 4.69) is 52.0 Å². The van der Waals surface area contributed by atoms with Gasteiger partial charge >= 0.3 is 7.12 Å². The minimum atomic E-state index is -0.265. The first kappa shape index (κ1) is 13.2. The Bertz CT molecular complexity index is 444. The van der Waals surface area contributed by atoms with Gasteiger partial charge in [0.1, 0.15) is 0 Å². The van der Waals surface area contributed by atoms with E-state index in [1.807, 2.05) is 0 Å². The Balaban J connectivity index is 1.76. The van der Waals surface area contributed by atoms with Crippen molar-refractivity contribution in [3.8, 4) is 0 Å². The predicted octanol–water partition coefficient (Wildman–Crippen LogP) is 3.09. The van der Waals surface area contributed by atoms with Crippen molar-refractivity contribution in [1.29, 1.82) is 0 Å². The summed E-state index contributed by atoms with van der Waals surface area (Å²) in [5.41, 5.74) is 1.96. The van der Waals surface area contributed by atoms with E-state index in [4.69, 9.17) is 9.31 Å². The summed E-state index contributed by atoms with van der Waals surface area (Å²) in [7, 11) is -0.245. The molecule has 1 aliphatic carbocycles. The number of hydrogen-bond donors (Lipinski definition) is 0. The molecule has 0 spiro atoms. The molecule has 0 aromatic heterocycles. The standard InChI is InChI=1S/C16H22BO2/c1-15(2)16(3,4)19-17(18-15)14-10-8-13(9-11-14)12-6-5-7-12/h8-11H,5-7H2,1-4H3. The molecular weight excluding hydrogens is 235 g/mol. The van der Waals surface area contributed by atoms with Crippen LogP contribution in [0.5, 0.6) is 0 Å². The SMILES string of the molecule is CC1(C)OB(c2ccc([C]3CCC3)cc2)OC1(C)C. The Kier molecular flexibility index (Phi) is 3.03. The quantitative estimate of drug-likeness (QED) is 0.758. The van der Waals surface area contributed by atoms with Crippen LogP contribution in [0.4, 0.5) is 0 Å². The molecule has 101 valence electrons. The van der Waals surface area contributed by atoms with E-state index >= 15 is 0 Å². The maximum atomic E-state index is 6.06. The lowest BCUT2D eigenvalue weighted by Crippen LogP contribution is -2.41. The molecule has 0 unspecified atom stereocenters. The fourth-order valence-electron chi connectivity index (χ4n) is 2.50. The third kappa shape index (κ3) is 2.23. The van der Waals surface area contributed by atoms with Gasteiger partial charge < -0.3 is 9.31 Å². The van der Waals surface area contributed by atoms with Gasteiger partial charge in [-0.05, 0) is 51.6 Å². The van der Waals surface area contributed by atoms with Crippen LogP contribution in [0.1, 0.15) is 52.5 Å². The summed E-state index contributed by atoms with van der Waals surface area (Å²) >= 11 is 0. The Labute approximate surface area is 116 Å². The van der Waals surface area contributed by atoms with E-state index in [-0.39, 0.29) is 18.3 Å². The van der Waals surface area contributed by atoms with Gasteiger partial charge in [-0.2, -0.15) is 0 Å². The first-order chi connectivity index (χ1) is 8.89. The summed E-state index contributed by atoms with van der Waals surface area (Å²) in [5, 5.41) is 0. The third-order valence-corrected chi connectivity index (χ3v) is 4.80. The van der Waals surface area contributed by atoms with Crippen molar-refractivity contribution in [2.24, 2.45) is 0 Å². The minimum Gasteiger partial charge on any atom is -0.399 e. The second-order valence-electron chi connectivity index (χ2n) is 6.67. The lowest BCUT2D eigenvalue weighted by Gasteiger charge is -2.32. The van der Waals surface area contributed by atoms with Gasteiger partial charge in [0.2, 0.25) is 0 Å². The smallest absolute Gasteiger partial charge is 0.399 e. The lowest BCUT2D eigenvalue weighted by atomic mass is 9.75. The Morgan fingerprint density at radius 2 is 1.42 bits per heavy atom. The highest BCUT2D eigenvalue weighted by molar-refractivity contribution is 6.62. The maximum absolute atomic E-state index is 6.06. The molecule has 0 N–H and O–H groups in total. The van der Waals surface area contributed by atoms with Gasteiger partial charge in [-0.1, -0.05) is 30.7 Å². The van der Waals surface area contributed by atoms with Crippen molar-refractivity contribution in [2.75, 3.05) is 0 Å². The molecule has 3 heteroatoms. The van der Waals surface area contributed by atoms with Crippen LogP contribution in [0.15, 0.2) is 24.3 Å². The van der Waals surface area contributed by atoms with Gasteiger partial charge in [-0.25, -0.2) is 0 Å². The fraction of sp³-hybridized carbons (Fsp3) is 0.562. The Morgan fingerprint density at radius 3 is 1.84 bits per heavy atom. The molecule has 1 aromatic rings. The number of hydrogen-bond acceptors (Lipinski definition) is 2. The molecule has 19 heavy (non-hydrogen) atoms. The zero-order valence-electron chi connectivity index (χ0n) is 12.3. The molecule has 1 saturated heterocycles. The third-order valence-electron chi connectivity index (χ3n) is 4.80. The van der Waals surface area contributed by atoms with Crippen molar-refractivity contribution >= 4 is 12.6 Å². The highest BCUT2D eigenvalue weighted by Crippen LogP contribution is 2.37. The van der Waals surface area contributed by atoms with E-state index in [0.29, 0.717) is 0 Å². The van der Waals surface area contributed by atoms with E-state index in [1.54, 1.807) is 5.92 Å². The first-order valence-corrected chi connectivity index (χ1v) is 7.20. The Hall–Kier alpha value is -0.795. The molecule has 1 aromatic carbocycles. The molecule has 2 fully saturated rings. The summed E-state index contributed by atoms with van der Waals surface area (Å²) in [6, 6.07) is 8.69. The normalized spacial score (nSPS) is 25.4. The summed E-state index contributed by atoms with van der Waals surface area (Å²) in [6.45, 7) is 8.36. The molecule has 2 nitrogen and oxygen atoms in total. The monoisotopic (exact) mass is 257 g/mol. The van der Waals surface area contributed by atoms with Crippen molar-refractivity contribution in [1.82, 2.24) is 0 Å². The van der Waals surface area contributed by atoms with Gasteiger partial charge in [-0.3, -0.25) is 0 Å². The van der Waals surface area contributed by atoms with E-state index in [0.717, 1.165) is 5.46 Å². The van der Waals surface area contributed by atoms with Crippen molar-refractivity contribution in [3.05, 3.63) is 35.7 Å². The molecular formula is C16H22BO2. The van der Waals surface area contributed by atoms with Gasteiger partial charge in [0.05, 0.1) is 11.2 Å². The second kappa shape index (κ2) is 4.36. The molecule has 0 atom stereocenters. The van der Waals surface area contributed by atoms with Crippen LogP contribution in [-0.4, -0.2) is 18.3 Å².